The van der Waals surface area contributed by atoms with Crippen LogP contribution in [0.15, 0.2) is 4.99 Å². The fraction of sp³-hybridized carbons (Fsp3) is 0.733. The van der Waals surface area contributed by atoms with Gasteiger partial charge in [-0.15, -0.1) is 0 Å². The second-order valence-corrected chi connectivity index (χ2v) is 5.65. The Bertz CT molecular complexity index is 471. The van der Waals surface area contributed by atoms with Crippen LogP contribution in [-0.2, 0) is 13.6 Å². The quantitative estimate of drug-likeness (QED) is 0.638. The van der Waals surface area contributed by atoms with Crippen molar-refractivity contribution in [3.63, 3.8) is 0 Å². The lowest BCUT2D eigenvalue weighted by atomic mass is 9.85. The van der Waals surface area contributed by atoms with Crippen molar-refractivity contribution < 1.29 is 0 Å². The molecule has 1 aromatic heterocycles. The first-order valence-electron chi connectivity index (χ1n) is 7.63. The molecule has 0 unspecified atom stereocenters. The van der Waals surface area contributed by atoms with E-state index in [9.17, 15) is 0 Å². The summed E-state index contributed by atoms with van der Waals surface area (Å²) in [6.45, 7) is 8.86. The average molecular weight is 277 g/mol. The summed E-state index contributed by atoms with van der Waals surface area (Å²) in [6, 6.07) is 0. The number of hydrogen-bond acceptors (Lipinski definition) is 2. The standard InChI is InChI=1S/C15H27N5/c1-5-16-15(17-9-13-7-6-8-13)18-10-14-11(2)19-20(4)12(14)3/h13H,5-10H2,1-4H3,(H2,16,17,18). The van der Waals surface area contributed by atoms with Gasteiger partial charge in [0.1, 0.15) is 0 Å². The van der Waals surface area contributed by atoms with Crippen molar-refractivity contribution in [1.29, 1.82) is 0 Å². The molecule has 0 aromatic carbocycles. The minimum atomic E-state index is 0.686. The number of aryl methyl sites for hydroxylation is 2. The van der Waals surface area contributed by atoms with E-state index in [1.54, 1.807) is 0 Å². The number of nitrogens with zero attached hydrogens (tertiary/aromatic N) is 3. The predicted octanol–water partition coefficient (Wildman–Crippen LogP) is 1.89. The summed E-state index contributed by atoms with van der Waals surface area (Å²) in [5.41, 5.74) is 3.50. The molecule has 1 aromatic rings. The van der Waals surface area contributed by atoms with Crippen LogP contribution in [0.5, 0.6) is 0 Å². The maximum Gasteiger partial charge on any atom is 0.191 e. The normalized spacial score (nSPS) is 16.1. The van der Waals surface area contributed by atoms with Gasteiger partial charge in [0.05, 0.1) is 12.2 Å². The Morgan fingerprint density at radius 1 is 1.35 bits per heavy atom. The fourth-order valence-corrected chi connectivity index (χ4v) is 2.48. The Kier molecular flexibility index (Phi) is 5.04. The van der Waals surface area contributed by atoms with Gasteiger partial charge in [-0.1, -0.05) is 6.42 Å². The summed E-state index contributed by atoms with van der Waals surface area (Å²) in [5.74, 6) is 1.75. The molecule has 0 bridgehead atoms. The molecule has 1 fully saturated rings. The lowest BCUT2D eigenvalue weighted by Crippen LogP contribution is -2.41. The van der Waals surface area contributed by atoms with Crippen LogP contribution in [0.1, 0.15) is 43.1 Å². The predicted molar refractivity (Wildman–Crippen MR) is 82.8 cm³/mol. The van der Waals surface area contributed by atoms with Crippen LogP contribution < -0.4 is 10.6 Å². The number of nitrogens with one attached hydrogen (secondary N) is 2. The lowest BCUT2D eigenvalue weighted by molar-refractivity contribution is 0.314. The van der Waals surface area contributed by atoms with E-state index in [0.717, 1.165) is 30.7 Å². The topological polar surface area (TPSA) is 54.2 Å². The summed E-state index contributed by atoms with van der Waals surface area (Å²) in [6.07, 6.45) is 4.09. The van der Waals surface area contributed by atoms with Crippen molar-refractivity contribution in [1.82, 2.24) is 20.4 Å². The van der Waals surface area contributed by atoms with E-state index in [1.807, 2.05) is 18.7 Å². The molecular weight excluding hydrogens is 250 g/mol. The molecular formula is C15H27N5. The monoisotopic (exact) mass is 277 g/mol. The maximum atomic E-state index is 4.69. The van der Waals surface area contributed by atoms with Gasteiger partial charge in [-0.2, -0.15) is 5.10 Å². The molecule has 1 aliphatic carbocycles. The summed E-state index contributed by atoms with van der Waals surface area (Å²) in [4.78, 5) is 4.69. The van der Waals surface area contributed by atoms with Crippen LogP contribution in [0.25, 0.3) is 0 Å². The minimum absolute atomic E-state index is 0.686. The van der Waals surface area contributed by atoms with E-state index >= 15 is 0 Å². The summed E-state index contributed by atoms with van der Waals surface area (Å²) in [5, 5.41) is 11.2. The fourth-order valence-electron chi connectivity index (χ4n) is 2.48. The third-order valence-corrected chi connectivity index (χ3v) is 4.18. The Hall–Kier alpha value is -1.52. The van der Waals surface area contributed by atoms with Crippen molar-refractivity contribution >= 4 is 5.96 Å². The number of aromatic nitrogens is 2. The zero-order valence-corrected chi connectivity index (χ0v) is 13.2. The summed E-state index contributed by atoms with van der Waals surface area (Å²) in [7, 11) is 1.98. The van der Waals surface area contributed by atoms with Gasteiger partial charge in [-0.25, -0.2) is 4.99 Å². The zero-order chi connectivity index (χ0) is 14.5. The van der Waals surface area contributed by atoms with Crippen LogP contribution >= 0.6 is 0 Å². The average Bonchev–Trinajstić information content (AvgIpc) is 2.59. The van der Waals surface area contributed by atoms with Crippen molar-refractivity contribution in [2.45, 2.75) is 46.6 Å². The molecule has 0 saturated heterocycles. The first-order chi connectivity index (χ1) is 9.61. The Balaban J connectivity index is 1.96. The molecule has 5 heteroatoms. The summed E-state index contributed by atoms with van der Waals surface area (Å²) < 4.78 is 1.93. The molecule has 0 atom stereocenters. The largest absolute Gasteiger partial charge is 0.357 e. The third kappa shape index (κ3) is 3.52. The highest BCUT2D eigenvalue weighted by atomic mass is 15.3. The third-order valence-electron chi connectivity index (χ3n) is 4.18. The molecule has 1 heterocycles. The summed E-state index contributed by atoms with van der Waals surface area (Å²) >= 11 is 0. The van der Waals surface area contributed by atoms with Crippen molar-refractivity contribution in [2.24, 2.45) is 18.0 Å². The van der Waals surface area contributed by atoms with E-state index in [4.69, 9.17) is 4.99 Å². The number of guanidine groups is 1. The Labute approximate surface area is 121 Å². The van der Waals surface area contributed by atoms with Gasteiger partial charge in [0, 0.05) is 31.4 Å². The molecule has 1 aliphatic rings. The second kappa shape index (κ2) is 6.77. The smallest absolute Gasteiger partial charge is 0.191 e. The first-order valence-corrected chi connectivity index (χ1v) is 7.63. The molecule has 112 valence electrons. The van der Waals surface area contributed by atoms with Crippen LogP contribution in [0.3, 0.4) is 0 Å². The number of hydrogen-bond donors (Lipinski definition) is 2. The van der Waals surface area contributed by atoms with Gasteiger partial charge < -0.3 is 10.6 Å². The Morgan fingerprint density at radius 3 is 2.60 bits per heavy atom. The van der Waals surface area contributed by atoms with Crippen LogP contribution in [0.2, 0.25) is 0 Å². The highest BCUT2D eigenvalue weighted by molar-refractivity contribution is 5.79. The molecule has 20 heavy (non-hydrogen) atoms. The SMILES string of the molecule is CCNC(=NCc1c(C)nn(C)c1C)NCC1CCC1. The Morgan fingerprint density at radius 2 is 2.10 bits per heavy atom. The highest BCUT2D eigenvalue weighted by Gasteiger charge is 2.17. The van der Waals surface area contributed by atoms with Crippen LogP contribution in [0, 0.1) is 19.8 Å². The highest BCUT2D eigenvalue weighted by Crippen LogP contribution is 2.25. The van der Waals surface area contributed by atoms with Gasteiger partial charge >= 0.3 is 0 Å². The van der Waals surface area contributed by atoms with E-state index in [0.29, 0.717) is 6.54 Å². The molecule has 0 aliphatic heterocycles. The van der Waals surface area contributed by atoms with E-state index in [2.05, 4.69) is 29.6 Å². The lowest BCUT2D eigenvalue weighted by Gasteiger charge is -2.26. The van der Waals surface area contributed by atoms with Gasteiger partial charge in [0.2, 0.25) is 0 Å². The molecule has 1 saturated carbocycles. The van der Waals surface area contributed by atoms with Gasteiger partial charge in [-0.3, -0.25) is 4.68 Å². The van der Waals surface area contributed by atoms with Crippen molar-refractivity contribution in [3.8, 4) is 0 Å². The maximum absolute atomic E-state index is 4.69. The molecule has 2 N–H and O–H groups in total. The molecule has 0 radical (unpaired) electrons. The van der Waals surface area contributed by atoms with E-state index in [-0.39, 0.29) is 0 Å². The van der Waals surface area contributed by atoms with Gasteiger partial charge in [0.25, 0.3) is 0 Å². The van der Waals surface area contributed by atoms with Crippen molar-refractivity contribution in [2.75, 3.05) is 13.1 Å². The van der Waals surface area contributed by atoms with Crippen molar-refractivity contribution in [3.05, 3.63) is 17.0 Å². The molecule has 5 nitrogen and oxygen atoms in total. The molecule has 2 rings (SSSR count). The molecule has 0 amide bonds. The van der Waals surface area contributed by atoms with Crippen LogP contribution in [0.4, 0.5) is 0 Å². The van der Waals surface area contributed by atoms with E-state index < -0.39 is 0 Å². The van der Waals surface area contributed by atoms with Crippen LogP contribution in [-0.4, -0.2) is 28.8 Å². The molecule has 0 spiro atoms. The first kappa shape index (κ1) is 14.9. The van der Waals surface area contributed by atoms with E-state index in [1.165, 1.54) is 30.5 Å². The zero-order valence-electron chi connectivity index (χ0n) is 13.2. The number of rotatable bonds is 5. The second-order valence-electron chi connectivity index (χ2n) is 5.65. The van der Waals surface area contributed by atoms with Gasteiger partial charge in [-0.05, 0) is 39.5 Å². The van der Waals surface area contributed by atoms with Gasteiger partial charge in [0.15, 0.2) is 5.96 Å². The number of aliphatic imine (C=N–C) groups is 1. The minimum Gasteiger partial charge on any atom is -0.357 e.